The molecule has 0 unspecified atom stereocenters. The first kappa shape index (κ1) is 13.9. The lowest BCUT2D eigenvalue weighted by Gasteiger charge is -2.07. The second-order valence-corrected chi connectivity index (χ2v) is 6.70. The highest BCUT2D eigenvalue weighted by Crippen LogP contribution is 2.19. The van der Waals surface area contributed by atoms with Gasteiger partial charge in [-0.05, 0) is 30.0 Å². The van der Waals surface area contributed by atoms with Gasteiger partial charge in [0.2, 0.25) is 0 Å². The van der Waals surface area contributed by atoms with Crippen LogP contribution in [0.4, 0.5) is 5.69 Å². The number of pyridine rings is 1. The smallest absolute Gasteiger partial charge is 0.261 e. The first-order valence-corrected chi connectivity index (χ1v) is 8.25. The van der Waals surface area contributed by atoms with Gasteiger partial charge in [0.1, 0.15) is 0 Å². The maximum atomic E-state index is 12.1. The molecule has 0 bridgehead atoms. The summed E-state index contributed by atoms with van der Waals surface area (Å²) in [6.07, 6.45) is 1.53. The summed E-state index contributed by atoms with van der Waals surface area (Å²) in [5.74, 6) is 0.933. The van der Waals surface area contributed by atoms with E-state index >= 15 is 0 Å². The monoisotopic (exact) mass is 294 g/mol. The molecule has 1 aromatic heterocycles. The van der Waals surface area contributed by atoms with Crippen molar-refractivity contribution in [1.82, 2.24) is 4.98 Å². The highest BCUT2D eigenvalue weighted by atomic mass is 32.2. The van der Waals surface area contributed by atoms with E-state index in [1.807, 2.05) is 6.92 Å². The normalized spacial score (nSPS) is 11.2. The lowest BCUT2D eigenvalue weighted by Crippen LogP contribution is -2.12. The number of nitrogens with one attached hydrogen (secondary N) is 1. The van der Waals surface area contributed by atoms with Crippen molar-refractivity contribution >= 4 is 27.5 Å². The molecule has 1 aromatic carbocycles. The summed E-state index contributed by atoms with van der Waals surface area (Å²) in [7, 11) is -3.54. The minimum Gasteiger partial charge on any atom is -0.278 e. The summed E-state index contributed by atoms with van der Waals surface area (Å²) in [5, 5.41) is 0.880. The molecular weight excluding hydrogens is 280 g/mol. The lowest BCUT2D eigenvalue weighted by molar-refractivity contribution is 0.601. The largest absolute Gasteiger partial charge is 0.278 e. The molecule has 0 atom stereocenters. The van der Waals surface area contributed by atoms with E-state index in [0.717, 1.165) is 10.8 Å². The van der Waals surface area contributed by atoms with Crippen molar-refractivity contribution in [2.75, 3.05) is 10.5 Å². The molecule has 0 amide bonds. The second-order valence-electron chi connectivity index (χ2n) is 3.74. The Labute approximate surface area is 117 Å². The third kappa shape index (κ3) is 3.71. The van der Waals surface area contributed by atoms with Crippen LogP contribution in [0.2, 0.25) is 0 Å². The number of nitrogens with zero attached hydrogens (tertiary/aromatic N) is 1. The first-order valence-electron chi connectivity index (χ1n) is 5.78. The SMILES string of the molecule is CCSc1ccc(NS(=O)(=O)c2ccccc2)cn1. The van der Waals surface area contributed by atoms with Gasteiger partial charge in [0.05, 0.1) is 21.8 Å². The van der Waals surface area contributed by atoms with Crippen LogP contribution < -0.4 is 4.72 Å². The number of anilines is 1. The quantitative estimate of drug-likeness (QED) is 0.861. The minimum atomic E-state index is -3.54. The van der Waals surface area contributed by atoms with Crippen molar-refractivity contribution in [3.63, 3.8) is 0 Å². The summed E-state index contributed by atoms with van der Waals surface area (Å²) in [6, 6.07) is 11.8. The average molecular weight is 294 g/mol. The third-order valence-electron chi connectivity index (χ3n) is 2.33. The Morgan fingerprint density at radius 3 is 2.47 bits per heavy atom. The topological polar surface area (TPSA) is 59.1 Å². The van der Waals surface area contributed by atoms with Gasteiger partial charge in [-0.2, -0.15) is 0 Å². The summed E-state index contributed by atoms with van der Waals surface area (Å²) < 4.78 is 26.6. The molecule has 0 fully saturated rings. The van der Waals surface area contributed by atoms with E-state index in [9.17, 15) is 8.42 Å². The maximum absolute atomic E-state index is 12.1. The number of thioether (sulfide) groups is 1. The first-order chi connectivity index (χ1) is 9.12. The molecule has 0 saturated carbocycles. The Bertz CT molecular complexity index is 625. The highest BCUT2D eigenvalue weighted by molar-refractivity contribution is 7.99. The zero-order valence-electron chi connectivity index (χ0n) is 10.4. The van der Waals surface area contributed by atoms with Crippen LogP contribution in [-0.4, -0.2) is 19.2 Å². The van der Waals surface area contributed by atoms with Crippen molar-refractivity contribution < 1.29 is 8.42 Å². The van der Waals surface area contributed by atoms with Gasteiger partial charge in [0, 0.05) is 0 Å². The zero-order valence-corrected chi connectivity index (χ0v) is 12.0. The predicted octanol–water partition coefficient (Wildman–Crippen LogP) is 2.99. The van der Waals surface area contributed by atoms with Crippen LogP contribution in [0.1, 0.15) is 6.92 Å². The van der Waals surface area contributed by atoms with Crippen molar-refractivity contribution in [2.45, 2.75) is 16.8 Å². The summed E-state index contributed by atoms with van der Waals surface area (Å²) in [6.45, 7) is 2.04. The van der Waals surface area contributed by atoms with E-state index in [1.165, 1.54) is 6.20 Å². The highest BCUT2D eigenvalue weighted by Gasteiger charge is 2.13. The van der Waals surface area contributed by atoms with Crippen LogP contribution in [0.15, 0.2) is 58.6 Å². The summed E-state index contributed by atoms with van der Waals surface area (Å²) >= 11 is 1.61. The van der Waals surface area contributed by atoms with E-state index in [-0.39, 0.29) is 4.90 Å². The van der Waals surface area contributed by atoms with Crippen LogP contribution >= 0.6 is 11.8 Å². The number of rotatable bonds is 5. The molecule has 6 heteroatoms. The number of hydrogen-bond donors (Lipinski definition) is 1. The Balaban J connectivity index is 2.17. The molecule has 0 radical (unpaired) electrons. The molecule has 0 saturated heterocycles. The van der Waals surface area contributed by atoms with Crippen molar-refractivity contribution in [3.05, 3.63) is 48.7 Å². The van der Waals surface area contributed by atoms with Crippen LogP contribution in [0.25, 0.3) is 0 Å². The molecule has 2 rings (SSSR count). The molecule has 4 nitrogen and oxygen atoms in total. The number of aromatic nitrogens is 1. The van der Waals surface area contributed by atoms with E-state index in [4.69, 9.17) is 0 Å². The van der Waals surface area contributed by atoms with E-state index in [2.05, 4.69) is 9.71 Å². The Hall–Kier alpha value is -1.53. The van der Waals surface area contributed by atoms with Crippen molar-refractivity contribution in [1.29, 1.82) is 0 Å². The second kappa shape index (κ2) is 6.08. The molecule has 1 heterocycles. The standard InChI is InChI=1S/C13H14N2O2S2/c1-2-18-13-9-8-11(10-14-13)15-19(16,17)12-6-4-3-5-7-12/h3-10,15H,2H2,1H3. The molecule has 0 spiro atoms. The number of sulfonamides is 1. The third-order valence-corrected chi connectivity index (χ3v) is 4.56. The van der Waals surface area contributed by atoms with E-state index in [1.54, 1.807) is 54.2 Å². The Kier molecular flexibility index (Phi) is 4.44. The van der Waals surface area contributed by atoms with Gasteiger partial charge in [0.15, 0.2) is 0 Å². The van der Waals surface area contributed by atoms with Crippen LogP contribution in [0, 0.1) is 0 Å². The van der Waals surface area contributed by atoms with E-state index in [0.29, 0.717) is 5.69 Å². The summed E-state index contributed by atoms with van der Waals surface area (Å²) in [4.78, 5) is 4.42. The fourth-order valence-electron chi connectivity index (χ4n) is 1.49. The molecular formula is C13H14N2O2S2. The van der Waals surface area contributed by atoms with Gasteiger partial charge in [-0.3, -0.25) is 4.72 Å². The van der Waals surface area contributed by atoms with Gasteiger partial charge in [0.25, 0.3) is 10.0 Å². The molecule has 0 aliphatic carbocycles. The zero-order chi connectivity index (χ0) is 13.7. The molecule has 1 N–H and O–H groups in total. The Morgan fingerprint density at radius 2 is 1.89 bits per heavy atom. The molecule has 0 aliphatic rings. The van der Waals surface area contributed by atoms with Crippen LogP contribution in [-0.2, 0) is 10.0 Å². The van der Waals surface area contributed by atoms with Crippen LogP contribution in [0.5, 0.6) is 0 Å². The fourth-order valence-corrected chi connectivity index (χ4v) is 3.14. The van der Waals surface area contributed by atoms with Gasteiger partial charge < -0.3 is 0 Å². The average Bonchev–Trinajstić information content (AvgIpc) is 2.42. The molecule has 19 heavy (non-hydrogen) atoms. The van der Waals surface area contributed by atoms with Gasteiger partial charge in [-0.25, -0.2) is 13.4 Å². The molecule has 100 valence electrons. The minimum absolute atomic E-state index is 0.238. The molecule has 0 aliphatic heterocycles. The number of benzene rings is 1. The van der Waals surface area contributed by atoms with E-state index < -0.39 is 10.0 Å². The fraction of sp³-hybridized carbons (Fsp3) is 0.154. The number of hydrogen-bond acceptors (Lipinski definition) is 4. The predicted molar refractivity (Wildman–Crippen MR) is 77.9 cm³/mol. The van der Waals surface area contributed by atoms with Gasteiger partial charge in [-0.1, -0.05) is 25.1 Å². The van der Waals surface area contributed by atoms with Crippen LogP contribution in [0.3, 0.4) is 0 Å². The maximum Gasteiger partial charge on any atom is 0.261 e. The molecule has 2 aromatic rings. The van der Waals surface area contributed by atoms with Gasteiger partial charge >= 0.3 is 0 Å². The summed E-state index contributed by atoms with van der Waals surface area (Å²) in [5.41, 5.74) is 0.462. The van der Waals surface area contributed by atoms with Crippen molar-refractivity contribution in [2.24, 2.45) is 0 Å². The van der Waals surface area contributed by atoms with Crippen molar-refractivity contribution in [3.8, 4) is 0 Å². The van der Waals surface area contributed by atoms with Gasteiger partial charge in [-0.15, -0.1) is 11.8 Å². The lowest BCUT2D eigenvalue weighted by atomic mass is 10.4. The Morgan fingerprint density at radius 1 is 1.16 bits per heavy atom.